The molecular formula is C7H13NO2. The number of hydrogen-bond acceptors (Lipinski definition) is 2. The molecule has 0 radical (unpaired) electrons. The van der Waals surface area contributed by atoms with Gasteiger partial charge in [-0.3, -0.25) is 14.5 Å². The number of amides is 2. The number of imide groups is 1. The van der Waals surface area contributed by atoms with Gasteiger partial charge in [-0.25, -0.2) is 0 Å². The lowest BCUT2D eigenvalue weighted by atomic mass is 10.4. The molecule has 2 amide bonds. The number of carbonyl (C=O) groups is 2. The first-order valence-corrected chi connectivity index (χ1v) is 3.09. The molecule has 0 aliphatic carbocycles. The minimum Gasteiger partial charge on any atom is -0.283 e. The van der Waals surface area contributed by atoms with E-state index in [-0.39, 0.29) is 19.2 Å². The van der Waals surface area contributed by atoms with Gasteiger partial charge in [-0.2, -0.15) is 0 Å². The highest BCUT2D eigenvalue weighted by Crippen LogP contribution is 2.09. The fraction of sp³-hybridized carbons (Fsp3) is 0.714. The molecule has 1 aliphatic heterocycles. The Morgan fingerprint density at radius 2 is 1.70 bits per heavy atom. The third-order valence-corrected chi connectivity index (χ3v) is 1.47. The highest BCUT2D eigenvalue weighted by molar-refractivity contribution is 6.01. The van der Waals surface area contributed by atoms with E-state index in [4.69, 9.17) is 0 Å². The highest BCUT2D eigenvalue weighted by Gasteiger charge is 2.26. The van der Waals surface area contributed by atoms with Crippen molar-refractivity contribution in [3.8, 4) is 0 Å². The average molecular weight is 143 g/mol. The summed E-state index contributed by atoms with van der Waals surface area (Å²) in [5.74, 6) is -0.0509. The fourth-order valence-corrected chi connectivity index (χ4v) is 0.976. The number of carbonyl (C=O) groups excluding carboxylic acids is 2. The van der Waals surface area contributed by atoms with Gasteiger partial charge in [-0.15, -0.1) is 0 Å². The third-order valence-electron chi connectivity index (χ3n) is 1.47. The van der Waals surface area contributed by atoms with Crippen LogP contribution in [0.3, 0.4) is 0 Å². The second-order valence-electron chi connectivity index (χ2n) is 2.03. The van der Waals surface area contributed by atoms with E-state index < -0.39 is 0 Å². The summed E-state index contributed by atoms with van der Waals surface area (Å²) in [5.41, 5.74) is 0. The van der Waals surface area contributed by atoms with E-state index in [1.165, 1.54) is 4.90 Å². The summed E-state index contributed by atoms with van der Waals surface area (Å²) in [7, 11) is 0. The van der Waals surface area contributed by atoms with Crippen molar-refractivity contribution in [3.05, 3.63) is 0 Å². The quantitative estimate of drug-likeness (QED) is 0.509. The summed E-state index contributed by atoms with van der Waals surface area (Å²) in [4.78, 5) is 22.7. The van der Waals surface area contributed by atoms with Gasteiger partial charge < -0.3 is 0 Å². The van der Waals surface area contributed by atoms with Gasteiger partial charge in [0.25, 0.3) is 0 Å². The molecule has 0 N–H and O–H groups in total. The summed E-state index contributed by atoms with van der Waals surface area (Å²) in [6.07, 6.45) is 0.819. The molecule has 0 unspecified atom stereocenters. The van der Waals surface area contributed by atoms with Crippen molar-refractivity contribution in [2.45, 2.75) is 27.2 Å². The molecule has 1 aliphatic rings. The maximum atomic E-state index is 10.7. The van der Waals surface area contributed by atoms with Gasteiger partial charge in [0.2, 0.25) is 11.8 Å². The highest BCUT2D eigenvalue weighted by atomic mass is 16.2. The van der Waals surface area contributed by atoms with Crippen LogP contribution in [0.2, 0.25) is 0 Å². The van der Waals surface area contributed by atoms with Gasteiger partial charge >= 0.3 is 0 Å². The first kappa shape index (κ1) is 9.14. The predicted octanol–water partition coefficient (Wildman–Crippen LogP) is 0.791. The average Bonchev–Trinajstić information content (AvgIpc) is 2.12. The monoisotopic (exact) mass is 143 g/mol. The molecule has 3 heteroatoms. The van der Waals surface area contributed by atoms with Gasteiger partial charge in [0, 0.05) is 19.4 Å². The molecule has 0 spiro atoms. The molecule has 58 valence electrons. The SMILES string of the molecule is C.CCN1C(=O)CCC1=O. The lowest BCUT2D eigenvalue weighted by molar-refractivity contribution is -0.138. The van der Waals surface area contributed by atoms with Gasteiger partial charge in [0.1, 0.15) is 0 Å². The summed E-state index contributed by atoms with van der Waals surface area (Å²) in [5, 5.41) is 0. The Morgan fingerprint density at radius 3 is 1.90 bits per heavy atom. The van der Waals surface area contributed by atoms with Crippen molar-refractivity contribution in [2.75, 3.05) is 6.54 Å². The molecule has 0 aromatic carbocycles. The van der Waals surface area contributed by atoms with Crippen molar-refractivity contribution in [2.24, 2.45) is 0 Å². The van der Waals surface area contributed by atoms with E-state index in [1.54, 1.807) is 6.92 Å². The van der Waals surface area contributed by atoms with Crippen LogP contribution < -0.4 is 0 Å². The Morgan fingerprint density at radius 1 is 1.30 bits per heavy atom. The number of nitrogens with zero attached hydrogens (tertiary/aromatic N) is 1. The van der Waals surface area contributed by atoms with E-state index in [9.17, 15) is 9.59 Å². The summed E-state index contributed by atoms with van der Waals surface area (Å²) in [6.45, 7) is 2.33. The van der Waals surface area contributed by atoms with E-state index in [2.05, 4.69) is 0 Å². The van der Waals surface area contributed by atoms with E-state index in [0.29, 0.717) is 19.4 Å². The Bertz CT molecular complexity index is 138. The Balaban J connectivity index is 0.000000810. The predicted molar refractivity (Wildman–Crippen MR) is 38.4 cm³/mol. The zero-order valence-corrected chi connectivity index (χ0v) is 5.39. The molecule has 1 saturated heterocycles. The first-order valence-electron chi connectivity index (χ1n) is 3.09. The minimum atomic E-state index is -0.0255. The zero-order valence-electron chi connectivity index (χ0n) is 5.39. The van der Waals surface area contributed by atoms with Crippen LogP contribution in [0.4, 0.5) is 0 Å². The van der Waals surface area contributed by atoms with Crippen LogP contribution in [-0.4, -0.2) is 23.3 Å². The van der Waals surface area contributed by atoms with Crippen LogP contribution in [0.15, 0.2) is 0 Å². The normalized spacial score (nSPS) is 17.5. The van der Waals surface area contributed by atoms with Crippen LogP contribution in [0.1, 0.15) is 27.2 Å². The molecule has 0 bridgehead atoms. The van der Waals surface area contributed by atoms with Crippen molar-refractivity contribution < 1.29 is 9.59 Å². The van der Waals surface area contributed by atoms with Gasteiger partial charge in [-0.05, 0) is 6.92 Å². The number of hydrogen-bond donors (Lipinski definition) is 0. The Labute approximate surface area is 61.0 Å². The van der Waals surface area contributed by atoms with Crippen LogP contribution >= 0.6 is 0 Å². The molecule has 10 heavy (non-hydrogen) atoms. The Kier molecular flexibility index (Phi) is 3.06. The molecule has 1 rings (SSSR count). The van der Waals surface area contributed by atoms with E-state index >= 15 is 0 Å². The van der Waals surface area contributed by atoms with Crippen molar-refractivity contribution in [1.82, 2.24) is 4.90 Å². The lowest BCUT2D eigenvalue weighted by Crippen LogP contribution is -2.28. The maximum Gasteiger partial charge on any atom is 0.229 e. The number of rotatable bonds is 1. The third kappa shape index (κ3) is 1.35. The first-order chi connectivity index (χ1) is 4.25. The molecule has 3 nitrogen and oxygen atoms in total. The standard InChI is InChI=1S/C6H9NO2.CH4/c1-2-7-5(8)3-4-6(7)9;/h2-4H2,1H3;1H4. The molecule has 1 heterocycles. The van der Waals surface area contributed by atoms with Gasteiger partial charge in [0.15, 0.2) is 0 Å². The molecule has 0 saturated carbocycles. The van der Waals surface area contributed by atoms with Crippen LogP contribution in [-0.2, 0) is 9.59 Å². The van der Waals surface area contributed by atoms with Crippen molar-refractivity contribution >= 4 is 11.8 Å². The largest absolute Gasteiger partial charge is 0.283 e. The van der Waals surface area contributed by atoms with Crippen molar-refractivity contribution in [1.29, 1.82) is 0 Å². The maximum absolute atomic E-state index is 10.7. The zero-order chi connectivity index (χ0) is 6.85. The summed E-state index contributed by atoms with van der Waals surface area (Å²) >= 11 is 0. The van der Waals surface area contributed by atoms with Gasteiger partial charge in [0.05, 0.1) is 0 Å². The van der Waals surface area contributed by atoms with Gasteiger partial charge in [-0.1, -0.05) is 7.43 Å². The summed E-state index contributed by atoms with van der Waals surface area (Å²) < 4.78 is 0. The second kappa shape index (κ2) is 3.34. The van der Waals surface area contributed by atoms with Crippen molar-refractivity contribution in [3.63, 3.8) is 0 Å². The van der Waals surface area contributed by atoms with Crippen LogP contribution in [0, 0.1) is 0 Å². The van der Waals surface area contributed by atoms with E-state index in [1.807, 2.05) is 0 Å². The minimum absolute atomic E-state index is 0. The fourth-order valence-electron chi connectivity index (χ4n) is 0.976. The number of likely N-dealkylation sites (tertiary alicyclic amines) is 1. The summed E-state index contributed by atoms with van der Waals surface area (Å²) in [6, 6.07) is 0. The lowest BCUT2D eigenvalue weighted by Gasteiger charge is -2.08. The molecular weight excluding hydrogens is 130 g/mol. The molecule has 0 aromatic heterocycles. The Hall–Kier alpha value is -0.860. The molecule has 0 aromatic rings. The molecule has 1 fully saturated rings. The van der Waals surface area contributed by atoms with Crippen LogP contribution in [0.5, 0.6) is 0 Å². The van der Waals surface area contributed by atoms with E-state index in [0.717, 1.165) is 0 Å². The smallest absolute Gasteiger partial charge is 0.229 e. The molecule has 0 atom stereocenters. The van der Waals surface area contributed by atoms with Crippen LogP contribution in [0.25, 0.3) is 0 Å². The topological polar surface area (TPSA) is 37.4 Å². The second-order valence-corrected chi connectivity index (χ2v) is 2.03.